The van der Waals surface area contributed by atoms with E-state index in [1.807, 2.05) is 0 Å². The fourth-order valence-corrected chi connectivity index (χ4v) is 2.95. The minimum Gasteiger partial charge on any atom is -0.505 e. The van der Waals surface area contributed by atoms with Crippen molar-refractivity contribution < 1.29 is 19.0 Å². The van der Waals surface area contributed by atoms with Gasteiger partial charge in [-0.25, -0.2) is 4.39 Å². The molecule has 1 aliphatic heterocycles. The summed E-state index contributed by atoms with van der Waals surface area (Å²) in [4.78, 5) is 0. The van der Waals surface area contributed by atoms with E-state index in [0.29, 0.717) is 19.1 Å². The van der Waals surface area contributed by atoms with Gasteiger partial charge in [0.15, 0.2) is 17.4 Å². The Morgan fingerprint density at radius 2 is 1.83 bits per heavy atom. The van der Waals surface area contributed by atoms with Crippen LogP contribution in [0.15, 0.2) is 18.2 Å². The molecule has 1 aliphatic carbocycles. The first-order valence-electron chi connectivity index (χ1n) is 6.45. The smallest absolute Gasteiger partial charge is 0.168 e. The zero-order valence-corrected chi connectivity index (χ0v) is 10.2. The van der Waals surface area contributed by atoms with Crippen molar-refractivity contribution in [1.82, 2.24) is 0 Å². The van der Waals surface area contributed by atoms with E-state index in [1.165, 1.54) is 12.1 Å². The molecule has 2 fully saturated rings. The molecule has 0 atom stereocenters. The maximum absolute atomic E-state index is 13.3. The molecular weight excluding hydrogens is 235 g/mol. The number of phenolic OH excluding ortho intramolecular Hbond substituents is 1. The Kier molecular flexibility index (Phi) is 2.99. The summed E-state index contributed by atoms with van der Waals surface area (Å²) in [6.45, 7) is 1.36. The Morgan fingerprint density at radius 3 is 2.44 bits per heavy atom. The van der Waals surface area contributed by atoms with Crippen molar-refractivity contribution in [1.29, 1.82) is 0 Å². The predicted octanol–water partition coefficient (Wildman–Crippen LogP) is 2.93. The van der Waals surface area contributed by atoms with Crippen molar-refractivity contribution in [2.24, 2.45) is 0 Å². The van der Waals surface area contributed by atoms with E-state index >= 15 is 0 Å². The number of hydrogen-bond acceptors (Lipinski definition) is 3. The topological polar surface area (TPSA) is 38.7 Å². The number of aromatic hydroxyl groups is 1. The molecule has 0 unspecified atom stereocenters. The van der Waals surface area contributed by atoms with E-state index in [9.17, 15) is 9.50 Å². The van der Waals surface area contributed by atoms with Gasteiger partial charge in [0.1, 0.15) is 0 Å². The maximum Gasteiger partial charge on any atom is 0.168 e. The molecule has 3 nitrogen and oxygen atoms in total. The highest BCUT2D eigenvalue weighted by molar-refractivity contribution is 5.30. The van der Waals surface area contributed by atoms with E-state index in [-0.39, 0.29) is 11.5 Å². The molecule has 98 valence electrons. The number of hydrogen-bond donors (Lipinski definition) is 1. The average Bonchev–Trinajstić information content (AvgIpc) is 2.82. The summed E-state index contributed by atoms with van der Waals surface area (Å²) in [6.07, 6.45) is 3.59. The van der Waals surface area contributed by atoms with Crippen molar-refractivity contribution in [2.75, 3.05) is 13.2 Å². The third kappa shape index (κ3) is 2.10. The van der Waals surface area contributed by atoms with Gasteiger partial charge >= 0.3 is 0 Å². The number of ether oxygens (including phenoxy) is 2. The van der Waals surface area contributed by atoms with Crippen molar-refractivity contribution in [3.63, 3.8) is 0 Å². The van der Waals surface area contributed by atoms with Gasteiger partial charge in [-0.3, -0.25) is 0 Å². The Balaban J connectivity index is 1.70. The zero-order valence-electron chi connectivity index (χ0n) is 10.2. The second-order valence-electron chi connectivity index (χ2n) is 5.09. The summed E-state index contributed by atoms with van der Waals surface area (Å²) in [5.41, 5.74) is 0.957. The van der Waals surface area contributed by atoms with Gasteiger partial charge in [0.2, 0.25) is 0 Å². The van der Waals surface area contributed by atoms with Crippen LogP contribution in [0.1, 0.15) is 37.2 Å². The summed E-state index contributed by atoms with van der Waals surface area (Å²) in [5, 5.41) is 9.19. The van der Waals surface area contributed by atoms with Gasteiger partial charge in [0, 0.05) is 12.8 Å². The lowest BCUT2D eigenvalue weighted by Gasteiger charge is -2.35. The van der Waals surface area contributed by atoms with Gasteiger partial charge in [-0.2, -0.15) is 0 Å². The van der Waals surface area contributed by atoms with E-state index in [2.05, 4.69) is 0 Å². The van der Waals surface area contributed by atoms with Gasteiger partial charge in [-0.1, -0.05) is 6.07 Å². The Bertz CT molecular complexity index is 431. The molecule has 1 saturated carbocycles. The Labute approximate surface area is 106 Å². The molecule has 4 heteroatoms. The van der Waals surface area contributed by atoms with Crippen molar-refractivity contribution in [2.45, 2.75) is 37.4 Å². The van der Waals surface area contributed by atoms with Crippen LogP contribution >= 0.6 is 0 Å². The van der Waals surface area contributed by atoms with Crippen LogP contribution in [0.2, 0.25) is 0 Å². The normalized spacial score (nSPS) is 23.6. The molecule has 18 heavy (non-hydrogen) atoms. The standard InChI is InChI=1S/C14H17FO3/c15-12-9-11(1-2-13(12)16)10-3-5-14(6-4-10)17-7-8-18-14/h1-2,9-10,16H,3-8H2. The fourth-order valence-electron chi connectivity index (χ4n) is 2.95. The van der Waals surface area contributed by atoms with Crippen LogP contribution in [-0.4, -0.2) is 24.1 Å². The highest BCUT2D eigenvalue weighted by Crippen LogP contribution is 2.42. The third-order valence-corrected chi connectivity index (χ3v) is 4.00. The molecule has 0 aromatic heterocycles. The first-order chi connectivity index (χ1) is 8.69. The predicted molar refractivity (Wildman–Crippen MR) is 63.9 cm³/mol. The van der Waals surface area contributed by atoms with Gasteiger partial charge in [0.25, 0.3) is 0 Å². The largest absolute Gasteiger partial charge is 0.505 e. The number of phenols is 1. The minimum atomic E-state index is -0.541. The number of rotatable bonds is 1. The van der Waals surface area contributed by atoms with Crippen molar-refractivity contribution in [3.8, 4) is 5.75 Å². The summed E-state index contributed by atoms with van der Waals surface area (Å²) >= 11 is 0. The molecule has 1 N–H and O–H groups in total. The fraction of sp³-hybridized carbons (Fsp3) is 0.571. The second-order valence-corrected chi connectivity index (χ2v) is 5.09. The molecule has 1 aromatic carbocycles. The molecule has 1 heterocycles. The molecule has 0 radical (unpaired) electrons. The summed E-state index contributed by atoms with van der Waals surface area (Å²) in [7, 11) is 0. The van der Waals surface area contributed by atoms with E-state index in [0.717, 1.165) is 31.2 Å². The molecule has 2 aliphatic rings. The van der Waals surface area contributed by atoms with E-state index in [1.54, 1.807) is 6.07 Å². The summed E-state index contributed by atoms with van der Waals surface area (Å²) in [5.74, 6) is -0.862. The van der Waals surface area contributed by atoms with Gasteiger partial charge < -0.3 is 14.6 Å². The highest BCUT2D eigenvalue weighted by Gasteiger charge is 2.40. The van der Waals surface area contributed by atoms with Crippen LogP contribution in [0.5, 0.6) is 5.75 Å². The SMILES string of the molecule is Oc1ccc(C2CCC3(CC2)OCCO3)cc1F. The van der Waals surface area contributed by atoms with Crippen LogP contribution in [-0.2, 0) is 9.47 Å². The molecule has 1 aromatic rings. The maximum atomic E-state index is 13.3. The van der Waals surface area contributed by atoms with Crippen LogP contribution in [0.25, 0.3) is 0 Å². The van der Waals surface area contributed by atoms with Gasteiger partial charge in [0.05, 0.1) is 13.2 Å². The quantitative estimate of drug-likeness (QED) is 0.835. The molecule has 0 amide bonds. The summed E-state index contributed by atoms with van der Waals surface area (Å²) < 4.78 is 24.7. The molecule has 3 rings (SSSR count). The van der Waals surface area contributed by atoms with Crippen LogP contribution in [0.3, 0.4) is 0 Å². The Morgan fingerprint density at radius 1 is 1.17 bits per heavy atom. The molecular formula is C14H17FO3. The molecule has 1 spiro atoms. The van der Waals surface area contributed by atoms with E-state index in [4.69, 9.17) is 9.47 Å². The zero-order chi connectivity index (χ0) is 12.6. The summed E-state index contributed by atoms with van der Waals surface area (Å²) in [6, 6.07) is 4.67. The van der Waals surface area contributed by atoms with Crippen LogP contribution in [0, 0.1) is 5.82 Å². The highest BCUT2D eigenvalue weighted by atomic mass is 19.1. The number of benzene rings is 1. The molecule has 1 saturated heterocycles. The van der Waals surface area contributed by atoms with Crippen molar-refractivity contribution in [3.05, 3.63) is 29.6 Å². The first-order valence-corrected chi connectivity index (χ1v) is 6.45. The van der Waals surface area contributed by atoms with Crippen LogP contribution in [0.4, 0.5) is 4.39 Å². The minimum absolute atomic E-state index is 0.284. The lowest BCUT2D eigenvalue weighted by molar-refractivity contribution is -0.178. The van der Waals surface area contributed by atoms with Crippen LogP contribution < -0.4 is 0 Å². The van der Waals surface area contributed by atoms with E-state index < -0.39 is 5.82 Å². The van der Waals surface area contributed by atoms with Gasteiger partial charge in [-0.05, 0) is 36.5 Å². The lowest BCUT2D eigenvalue weighted by Crippen LogP contribution is -2.34. The lowest BCUT2D eigenvalue weighted by atomic mass is 9.81. The second kappa shape index (κ2) is 4.52. The van der Waals surface area contributed by atoms with Gasteiger partial charge in [-0.15, -0.1) is 0 Å². The molecule has 0 bridgehead atoms. The third-order valence-electron chi connectivity index (χ3n) is 4.00. The monoisotopic (exact) mass is 252 g/mol. The Hall–Kier alpha value is -1.13. The number of halogens is 1. The average molecular weight is 252 g/mol. The first kappa shape index (κ1) is 11.9. The van der Waals surface area contributed by atoms with Crippen molar-refractivity contribution >= 4 is 0 Å².